The van der Waals surface area contributed by atoms with Gasteiger partial charge < -0.3 is 9.13 Å². The van der Waals surface area contributed by atoms with Crippen LogP contribution in [0.3, 0.4) is 0 Å². The van der Waals surface area contributed by atoms with Crippen LogP contribution in [0.25, 0.3) is 121 Å². The molecule has 4 heteroatoms. The molecule has 3 heterocycles. The molecular formula is C56H34N4. The lowest BCUT2D eigenvalue weighted by molar-refractivity contribution is 1.17. The largest absolute Gasteiger partial charge is 0.309 e. The maximum absolute atomic E-state index is 5.32. The molecular weight excluding hydrogens is 729 g/mol. The zero-order valence-electron chi connectivity index (χ0n) is 32.4. The quantitative estimate of drug-likeness (QED) is 0.179. The molecule has 0 amide bonds. The van der Waals surface area contributed by atoms with Crippen LogP contribution in [-0.4, -0.2) is 19.1 Å². The first-order valence-electron chi connectivity index (χ1n) is 20.5. The molecule has 10 aromatic carbocycles. The van der Waals surface area contributed by atoms with Crippen molar-refractivity contribution in [1.29, 1.82) is 0 Å². The first-order chi connectivity index (χ1) is 29.7. The number of benzene rings is 10. The highest BCUT2D eigenvalue weighted by Crippen LogP contribution is 2.41. The molecule has 0 N–H and O–H groups in total. The summed E-state index contributed by atoms with van der Waals surface area (Å²) in [6, 6.07) is 74.5. The Morgan fingerprint density at radius 1 is 0.300 bits per heavy atom. The van der Waals surface area contributed by atoms with Gasteiger partial charge >= 0.3 is 0 Å². The Kier molecular flexibility index (Phi) is 6.98. The second-order valence-electron chi connectivity index (χ2n) is 15.8. The van der Waals surface area contributed by atoms with E-state index < -0.39 is 0 Å². The number of fused-ring (bicyclic) bond motifs is 10. The Morgan fingerprint density at radius 2 is 0.883 bits per heavy atom. The Bertz CT molecular complexity index is 3850. The predicted molar refractivity (Wildman–Crippen MR) is 252 cm³/mol. The molecule has 0 bridgehead atoms. The van der Waals surface area contributed by atoms with Crippen molar-refractivity contribution in [2.24, 2.45) is 0 Å². The molecule has 13 rings (SSSR count). The van der Waals surface area contributed by atoms with Gasteiger partial charge in [-0.15, -0.1) is 0 Å². The molecule has 0 fully saturated rings. The summed E-state index contributed by atoms with van der Waals surface area (Å²) in [5, 5.41) is 12.1. The predicted octanol–water partition coefficient (Wildman–Crippen LogP) is 14.6. The third kappa shape index (κ3) is 4.85. The van der Waals surface area contributed by atoms with Crippen molar-refractivity contribution < 1.29 is 0 Å². The fourth-order valence-electron chi connectivity index (χ4n) is 9.72. The Balaban J connectivity index is 1.04. The molecule has 0 aliphatic heterocycles. The van der Waals surface area contributed by atoms with Crippen LogP contribution in [0.1, 0.15) is 0 Å². The zero-order chi connectivity index (χ0) is 39.3. The van der Waals surface area contributed by atoms with Gasteiger partial charge in [0.15, 0.2) is 0 Å². The van der Waals surface area contributed by atoms with Gasteiger partial charge in [-0.1, -0.05) is 140 Å². The number of hydrogen-bond donors (Lipinski definition) is 0. The highest BCUT2D eigenvalue weighted by Gasteiger charge is 2.20. The maximum atomic E-state index is 5.32. The lowest BCUT2D eigenvalue weighted by atomic mass is 9.96. The van der Waals surface area contributed by atoms with Crippen LogP contribution in [0, 0.1) is 0 Å². The average Bonchev–Trinajstić information content (AvgIpc) is 3.81. The molecule has 0 aliphatic rings. The van der Waals surface area contributed by atoms with E-state index >= 15 is 0 Å². The van der Waals surface area contributed by atoms with E-state index in [0.717, 1.165) is 55.7 Å². The fourth-order valence-corrected chi connectivity index (χ4v) is 9.72. The van der Waals surface area contributed by atoms with Crippen molar-refractivity contribution in [3.8, 4) is 33.9 Å². The van der Waals surface area contributed by atoms with Crippen LogP contribution < -0.4 is 0 Å². The van der Waals surface area contributed by atoms with E-state index in [-0.39, 0.29) is 0 Å². The van der Waals surface area contributed by atoms with E-state index in [2.05, 4.69) is 197 Å². The van der Waals surface area contributed by atoms with E-state index in [1.54, 1.807) is 0 Å². The normalized spacial score (nSPS) is 12.0. The van der Waals surface area contributed by atoms with Gasteiger partial charge in [0, 0.05) is 43.7 Å². The maximum Gasteiger partial charge on any atom is 0.0979 e. The number of para-hydroxylation sites is 4. The van der Waals surface area contributed by atoms with Gasteiger partial charge in [0.1, 0.15) is 0 Å². The van der Waals surface area contributed by atoms with Gasteiger partial charge in [-0.25, -0.2) is 9.97 Å². The number of nitrogens with zero attached hydrogens (tertiary/aromatic N) is 4. The first kappa shape index (κ1) is 32.9. The van der Waals surface area contributed by atoms with E-state index in [4.69, 9.17) is 9.97 Å². The summed E-state index contributed by atoms with van der Waals surface area (Å²) in [4.78, 5) is 10.6. The van der Waals surface area contributed by atoms with Crippen LogP contribution in [0.15, 0.2) is 206 Å². The molecule has 0 radical (unpaired) electrons. The number of rotatable bonds is 4. The lowest BCUT2D eigenvalue weighted by Gasteiger charge is -2.15. The van der Waals surface area contributed by atoms with Crippen molar-refractivity contribution >= 4 is 87.0 Å². The molecule has 278 valence electrons. The zero-order valence-corrected chi connectivity index (χ0v) is 32.4. The van der Waals surface area contributed by atoms with Gasteiger partial charge in [0.25, 0.3) is 0 Å². The number of aromatic nitrogens is 4. The molecule has 3 aromatic heterocycles. The minimum atomic E-state index is 0.873. The van der Waals surface area contributed by atoms with Crippen molar-refractivity contribution in [3.05, 3.63) is 206 Å². The van der Waals surface area contributed by atoms with Crippen molar-refractivity contribution in [2.75, 3.05) is 0 Å². The van der Waals surface area contributed by atoms with Crippen molar-refractivity contribution in [3.63, 3.8) is 0 Å². The molecule has 0 saturated heterocycles. The van der Waals surface area contributed by atoms with Gasteiger partial charge in [0.05, 0.1) is 50.2 Å². The summed E-state index contributed by atoms with van der Waals surface area (Å²) in [5.41, 5.74) is 12.7. The summed E-state index contributed by atoms with van der Waals surface area (Å²) in [6.07, 6.45) is 0. The molecule has 0 saturated carbocycles. The lowest BCUT2D eigenvalue weighted by Crippen LogP contribution is -1.98. The van der Waals surface area contributed by atoms with E-state index in [1.165, 1.54) is 65.2 Å². The van der Waals surface area contributed by atoms with Crippen LogP contribution in [0.4, 0.5) is 0 Å². The summed E-state index contributed by atoms with van der Waals surface area (Å²) >= 11 is 0. The smallest absolute Gasteiger partial charge is 0.0979 e. The SMILES string of the molecule is c1ccc2cc3c(cc2c1)c1cc(-n2c4ccccc4c4ccccc42)ccc1n3-c1cccc2cc(-c3nc4ccccc4nc3-c3cccc4ccccc34)ccc12. The standard InChI is InChI=1S/C56H34N4/c1-2-15-37-33-54-46(32-36(37)14-1)47-34-40(59-51-24-9-5-19-43(51)44-20-6-10-25-52(44)59)28-30-53(47)60(54)50-26-12-17-38-31-39(27-29-42(38)50)55-56(58-49-23-8-7-22-48(49)57-55)45-21-11-16-35-13-3-4-18-41(35)45/h1-34H. The summed E-state index contributed by atoms with van der Waals surface area (Å²) < 4.78 is 4.88. The van der Waals surface area contributed by atoms with Crippen LogP contribution in [-0.2, 0) is 0 Å². The highest BCUT2D eigenvalue weighted by atomic mass is 15.0. The monoisotopic (exact) mass is 762 g/mol. The van der Waals surface area contributed by atoms with Crippen molar-refractivity contribution in [1.82, 2.24) is 19.1 Å². The van der Waals surface area contributed by atoms with Gasteiger partial charge in [-0.2, -0.15) is 0 Å². The topological polar surface area (TPSA) is 35.6 Å². The minimum absolute atomic E-state index is 0.873. The molecule has 60 heavy (non-hydrogen) atoms. The second kappa shape index (κ2) is 12.7. The van der Waals surface area contributed by atoms with E-state index in [0.29, 0.717) is 0 Å². The second-order valence-corrected chi connectivity index (χ2v) is 15.8. The highest BCUT2D eigenvalue weighted by molar-refractivity contribution is 6.16. The summed E-state index contributed by atoms with van der Waals surface area (Å²) in [6.45, 7) is 0. The van der Waals surface area contributed by atoms with Gasteiger partial charge in [0.2, 0.25) is 0 Å². The Labute approximate surface area is 344 Å². The van der Waals surface area contributed by atoms with Crippen molar-refractivity contribution in [2.45, 2.75) is 0 Å². The van der Waals surface area contributed by atoms with E-state index in [1.807, 2.05) is 18.2 Å². The van der Waals surface area contributed by atoms with Gasteiger partial charge in [-0.05, 0) is 93.7 Å². The average molecular weight is 763 g/mol. The summed E-state index contributed by atoms with van der Waals surface area (Å²) in [5.74, 6) is 0. The third-order valence-electron chi connectivity index (χ3n) is 12.4. The first-order valence-corrected chi connectivity index (χ1v) is 20.5. The third-order valence-corrected chi connectivity index (χ3v) is 12.4. The van der Waals surface area contributed by atoms with E-state index in [9.17, 15) is 0 Å². The van der Waals surface area contributed by atoms with Crippen LogP contribution in [0.2, 0.25) is 0 Å². The van der Waals surface area contributed by atoms with Gasteiger partial charge in [-0.3, -0.25) is 0 Å². The number of hydrogen-bond acceptors (Lipinski definition) is 2. The van der Waals surface area contributed by atoms with Crippen LogP contribution in [0.5, 0.6) is 0 Å². The molecule has 0 aliphatic carbocycles. The Morgan fingerprint density at radius 3 is 1.67 bits per heavy atom. The molecule has 0 atom stereocenters. The molecule has 4 nitrogen and oxygen atoms in total. The molecule has 0 spiro atoms. The minimum Gasteiger partial charge on any atom is -0.309 e. The van der Waals surface area contributed by atoms with Crippen LogP contribution >= 0.6 is 0 Å². The molecule has 0 unspecified atom stereocenters. The summed E-state index contributed by atoms with van der Waals surface area (Å²) in [7, 11) is 0. The molecule has 13 aromatic rings. The Hall–Kier alpha value is -8.08. The fraction of sp³-hybridized carbons (Fsp3) is 0.